The Kier molecular flexibility index (Phi) is 4.29. The van der Waals surface area contributed by atoms with Crippen LogP contribution in [0.2, 0.25) is 0 Å². The van der Waals surface area contributed by atoms with Crippen molar-refractivity contribution in [2.24, 2.45) is 11.8 Å². The third-order valence-electron chi connectivity index (χ3n) is 6.89. The molecule has 2 fully saturated rings. The molecule has 6 nitrogen and oxygen atoms in total. The second-order valence-corrected chi connectivity index (χ2v) is 8.50. The highest BCUT2D eigenvalue weighted by Gasteiger charge is 2.69. The van der Waals surface area contributed by atoms with Gasteiger partial charge in [0, 0.05) is 23.8 Å². The number of carbonyl (C=O) groups excluding carboxylic acids is 3. The Morgan fingerprint density at radius 2 is 1.77 bits per heavy atom. The van der Waals surface area contributed by atoms with Gasteiger partial charge in [0.1, 0.15) is 5.54 Å². The maximum absolute atomic E-state index is 13.5. The molecule has 5 rings (SSSR count). The molecule has 2 aromatic rings. The molecule has 30 heavy (non-hydrogen) atoms. The number of benzene rings is 2. The third-order valence-corrected chi connectivity index (χ3v) is 6.89. The summed E-state index contributed by atoms with van der Waals surface area (Å²) in [4.78, 5) is 41.4. The van der Waals surface area contributed by atoms with Crippen LogP contribution in [0.3, 0.4) is 0 Å². The fourth-order valence-corrected chi connectivity index (χ4v) is 5.40. The Hall–Kier alpha value is -2.99. The monoisotopic (exact) mass is 403 g/mol. The molecule has 4 atom stereocenters. The maximum atomic E-state index is 13.5. The van der Waals surface area contributed by atoms with Crippen LogP contribution in [0.15, 0.2) is 48.5 Å². The number of carbonyl (C=O) groups is 3. The number of rotatable bonds is 4. The van der Waals surface area contributed by atoms with E-state index >= 15 is 0 Å². The lowest BCUT2D eigenvalue weighted by atomic mass is 9.76. The van der Waals surface area contributed by atoms with Gasteiger partial charge in [0.2, 0.25) is 17.7 Å². The molecule has 0 radical (unpaired) electrons. The highest BCUT2D eigenvalue weighted by Crippen LogP contribution is 2.52. The molecule has 0 aromatic heterocycles. The number of likely N-dealkylation sites (tertiary alicyclic amines) is 1. The number of anilines is 1. The Morgan fingerprint density at radius 3 is 2.50 bits per heavy atom. The zero-order valence-electron chi connectivity index (χ0n) is 17.1. The van der Waals surface area contributed by atoms with Gasteiger partial charge in [-0.1, -0.05) is 49.4 Å². The summed E-state index contributed by atoms with van der Waals surface area (Å²) in [6.07, 6.45) is 1.44. The average Bonchev–Trinajstić information content (AvgIpc) is 3.31. The molecule has 0 aliphatic carbocycles. The molecule has 2 aromatic carbocycles. The smallest absolute Gasteiger partial charge is 0.250 e. The lowest BCUT2D eigenvalue weighted by Gasteiger charge is -2.29. The summed E-state index contributed by atoms with van der Waals surface area (Å²) in [6, 6.07) is 15.4. The topological polar surface area (TPSA) is 78.5 Å². The van der Waals surface area contributed by atoms with Gasteiger partial charge < -0.3 is 5.32 Å². The van der Waals surface area contributed by atoms with Crippen molar-refractivity contribution in [3.63, 3.8) is 0 Å². The van der Waals surface area contributed by atoms with Crippen molar-refractivity contribution in [1.29, 1.82) is 0 Å². The molecule has 2 N–H and O–H groups in total. The lowest BCUT2D eigenvalue weighted by molar-refractivity contribution is -0.142. The molecule has 4 unspecified atom stereocenters. The quantitative estimate of drug-likeness (QED) is 0.768. The third kappa shape index (κ3) is 2.50. The molecule has 0 saturated carbocycles. The number of amides is 3. The van der Waals surface area contributed by atoms with E-state index < -0.39 is 17.4 Å². The molecular weight excluding hydrogens is 378 g/mol. The van der Waals surface area contributed by atoms with E-state index in [0.29, 0.717) is 13.0 Å². The molecule has 0 bridgehead atoms. The minimum Gasteiger partial charge on any atom is -0.324 e. The minimum atomic E-state index is -1.18. The van der Waals surface area contributed by atoms with Crippen LogP contribution in [-0.4, -0.2) is 35.2 Å². The number of aryl methyl sites for hydroxylation is 1. The summed E-state index contributed by atoms with van der Waals surface area (Å²) in [5.41, 5.74) is 2.50. The lowest BCUT2D eigenvalue weighted by Crippen LogP contribution is -2.53. The maximum Gasteiger partial charge on any atom is 0.250 e. The van der Waals surface area contributed by atoms with Crippen molar-refractivity contribution in [3.8, 4) is 0 Å². The normalized spacial score (nSPS) is 29.5. The predicted molar refractivity (Wildman–Crippen MR) is 113 cm³/mol. The molecule has 3 amide bonds. The Balaban J connectivity index is 1.52. The largest absolute Gasteiger partial charge is 0.324 e. The molecule has 1 spiro atoms. The fraction of sp³-hybridized carbons (Fsp3) is 0.375. The summed E-state index contributed by atoms with van der Waals surface area (Å²) >= 11 is 0. The Morgan fingerprint density at radius 1 is 1.00 bits per heavy atom. The van der Waals surface area contributed by atoms with Crippen molar-refractivity contribution in [1.82, 2.24) is 10.2 Å². The van der Waals surface area contributed by atoms with Gasteiger partial charge in [0.25, 0.3) is 0 Å². The van der Waals surface area contributed by atoms with Gasteiger partial charge in [-0.2, -0.15) is 0 Å². The standard InChI is InChI=1S/C24H25N3O3/c1-3-15-9-10-18-17(13-15)24(23(30)25-18)20-19(14(2)26-24)21(28)27(22(20)29)12-11-16-7-5-4-6-8-16/h4-10,13-14,19-20,26H,3,11-12H2,1-2H3,(H,25,30). The van der Waals surface area contributed by atoms with Crippen LogP contribution >= 0.6 is 0 Å². The highest BCUT2D eigenvalue weighted by atomic mass is 16.2. The Bertz CT molecular complexity index is 1050. The summed E-state index contributed by atoms with van der Waals surface area (Å²) < 4.78 is 0. The minimum absolute atomic E-state index is 0.175. The summed E-state index contributed by atoms with van der Waals surface area (Å²) in [7, 11) is 0. The second kappa shape index (κ2) is 6.77. The van der Waals surface area contributed by atoms with E-state index in [4.69, 9.17) is 0 Å². The van der Waals surface area contributed by atoms with Crippen molar-refractivity contribution in [3.05, 3.63) is 65.2 Å². The number of hydrogen-bond acceptors (Lipinski definition) is 4. The van der Waals surface area contributed by atoms with Crippen LogP contribution in [0.25, 0.3) is 0 Å². The molecular formula is C24H25N3O3. The molecule has 3 aliphatic rings. The first-order chi connectivity index (χ1) is 14.5. The van der Waals surface area contributed by atoms with E-state index in [1.807, 2.05) is 55.5 Å². The number of hydrogen-bond donors (Lipinski definition) is 2. The summed E-state index contributed by atoms with van der Waals surface area (Å²) in [5, 5.41) is 6.30. The number of nitrogens with zero attached hydrogens (tertiary/aromatic N) is 1. The van der Waals surface area contributed by atoms with Gasteiger partial charge >= 0.3 is 0 Å². The van der Waals surface area contributed by atoms with Gasteiger partial charge in [-0.15, -0.1) is 0 Å². The summed E-state index contributed by atoms with van der Waals surface area (Å²) in [6.45, 7) is 4.29. The van der Waals surface area contributed by atoms with Gasteiger partial charge in [0.05, 0.1) is 11.8 Å². The number of fused-ring (bicyclic) bond motifs is 4. The molecule has 2 saturated heterocycles. The second-order valence-electron chi connectivity index (χ2n) is 8.50. The van der Waals surface area contributed by atoms with E-state index in [-0.39, 0.29) is 23.8 Å². The SMILES string of the molecule is CCc1ccc2c(c1)C1(NC(C)C3C(=O)N(CCc4ccccc4)C(=O)C31)C(=O)N2. The van der Waals surface area contributed by atoms with Crippen LogP contribution in [0.1, 0.15) is 30.5 Å². The van der Waals surface area contributed by atoms with Gasteiger partial charge in [-0.3, -0.25) is 24.6 Å². The zero-order chi connectivity index (χ0) is 21.0. The van der Waals surface area contributed by atoms with E-state index in [2.05, 4.69) is 17.6 Å². The zero-order valence-corrected chi connectivity index (χ0v) is 17.1. The fourth-order valence-electron chi connectivity index (χ4n) is 5.40. The first kappa shape index (κ1) is 19.0. The van der Waals surface area contributed by atoms with Gasteiger partial charge in [-0.25, -0.2) is 0 Å². The van der Waals surface area contributed by atoms with Crippen molar-refractivity contribution >= 4 is 23.4 Å². The van der Waals surface area contributed by atoms with Gasteiger partial charge in [0.15, 0.2) is 0 Å². The number of imide groups is 1. The van der Waals surface area contributed by atoms with Crippen LogP contribution < -0.4 is 10.6 Å². The van der Waals surface area contributed by atoms with Crippen LogP contribution in [-0.2, 0) is 32.8 Å². The van der Waals surface area contributed by atoms with Crippen molar-refractivity contribution < 1.29 is 14.4 Å². The first-order valence-corrected chi connectivity index (χ1v) is 10.6. The summed E-state index contributed by atoms with van der Waals surface area (Å²) in [5.74, 6) is -1.91. The average molecular weight is 403 g/mol. The van der Waals surface area contributed by atoms with E-state index in [1.165, 1.54) is 4.90 Å². The van der Waals surface area contributed by atoms with E-state index in [1.54, 1.807) is 0 Å². The van der Waals surface area contributed by atoms with E-state index in [0.717, 1.165) is 28.8 Å². The molecule has 3 heterocycles. The van der Waals surface area contributed by atoms with Crippen molar-refractivity contribution in [2.75, 3.05) is 11.9 Å². The van der Waals surface area contributed by atoms with Crippen LogP contribution in [0.5, 0.6) is 0 Å². The number of nitrogens with one attached hydrogen (secondary N) is 2. The molecule has 154 valence electrons. The van der Waals surface area contributed by atoms with Crippen molar-refractivity contribution in [2.45, 2.75) is 38.3 Å². The van der Waals surface area contributed by atoms with E-state index in [9.17, 15) is 14.4 Å². The molecule has 6 heteroatoms. The predicted octanol–water partition coefficient (Wildman–Crippen LogP) is 2.23. The Labute approximate surface area is 175 Å². The highest BCUT2D eigenvalue weighted by molar-refractivity contribution is 6.15. The first-order valence-electron chi connectivity index (χ1n) is 10.6. The van der Waals surface area contributed by atoms with Gasteiger partial charge in [-0.05, 0) is 37.0 Å². The van der Waals surface area contributed by atoms with Crippen LogP contribution in [0.4, 0.5) is 5.69 Å². The van der Waals surface area contributed by atoms with Crippen LogP contribution in [0, 0.1) is 11.8 Å². The molecule has 3 aliphatic heterocycles.